The third-order valence-electron chi connectivity index (χ3n) is 2.36. The predicted octanol–water partition coefficient (Wildman–Crippen LogP) is 2.85. The van der Waals surface area contributed by atoms with Gasteiger partial charge in [0.25, 0.3) is 0 Å². The topological polar surface area (TPSA) is 49.8 Å². The van der Waals surface area contributed by atoms with E-state index in [9.17, 15) is 0 Å². The highest BCUT2D eigenvalue weighted by atomic mass is 16.3. The molecule has 0 aliphatic rings. The van der Waals surface area contributed by atoms with Crippen LogP contribution in [0, 0.1) is 11.3 Å². The van der Waals surface area contributed by atoms with Crippen molar-refractivity contribution in [2.24, 2.45) is 0 Å². The van der Waals surface area contributed by atoms with Gasteiger partial charge in [0.15, 0.2) is 0 Å². The molecule has 1 aromatic carbocycles. The summed E-state index contributed by atoms with van der Waals surface area (Å²) in [5.74, 6) is 0. The number of fused-ring (bicyclic) bond motifs is 3. The average molecular weight is 194 g/mol. The second-order valence-electron chi connectivity index (χ2n) is 3.26. The van der Waals surface area contributed by atoms with Crippen molar-refractivity contribution in [1.29, 1.82) is 5.26 Å². The highest BCUT2D eigenvalue weighted by Crippen LogP contribution is 2.26. The minimum absolute atomic E-state index is 0.376. The summed E-state index contributed by atoms with van der Waals surface area (Å²) in [5, 5.41) is 10.7. The Morgan fingerprint density at radius 3 is 2.80 bits per heavy atom. The lowest BCUT2D eigenvalue weighted by Crippen LogP contribution is -1.79. The van der Waals surface area contributed by atoms with Gasteiger partial charge in [0.1, 0.15) is 17.3 Å². The van der Waals surface area contributed by atoms with Crippen LogP contribution in [0.4, 0.5) is 0 Å². The fourth-order valence-corrected chi connectivity index (χ4v) is 1.67. The van der Waals surface area contributed by atoms with Gasteiger partial charge in [-0.15, -0.1) is 0 Å². The molecule has 0 radical (unpaired) electrons. The van der Waals surface area contributed by atoms with E-state index in [4.69, 9.17) is 9.68 Å². The molecule has 0 atom stereocenters. The first-order valence-electron chi connectivity index (χ1n) is 4.57. The SMILES string of the molecule is N#Cc1ccc2c(n1)oc1ccccc12. The molecular weight excluding hydrogens is 188 g/mol. The van der Waals surface area contributed by atoms with Crippen LogP contribution in [0.5, 0.6) is 0 Å². The number of nitrogens with zero attached hydrogens (tertiary/aromatic N) is 2. The molecule has 0 amide bonds. The van der Waals surface area contributed by atoms with Crippen LogP contribution in [0.15, 0.2) is 40.8 Å². The van der Waals surface area contributed by atoms with Gasteiger partial charge in [-0.1, -0.05) is 18.2 Å². The van der Waals surface area contributed by atoms with Gasteiger partial charge in [0, 0.05) is 10.8 Å². The first-order valence-corrected chi connectivity index (χ1v) is 4.57. The summed E-state index contributed by atoms with van der Waals surface area (Å²) < 4.78 is 5.53. The standard InChI is InChI=1S/C12H6N2O/c13-7-8-5-6-10-9-3-1-2-4-11(9)15-12(10)14-8/h1-6H. The van der Waals surface area contributed by atoms with Crippen LogP contribution < -0.4 is 0 Å². The number of pyridine rings is 1. The molecule has 3 heteroatoms. The monoisotopic (exact) mass is 194 g/mol. The number of hydrogen-bond acceptors (Lipinski definition) is 3. The Bertz CT molecular complexity index is 691. The molecule has 3 aromatic rings. The van der Waals surface area contributed by atoms with E-state index in [1.807, 2.05) is 36.4 Å². The molecule has 15 heavy (non-hydrogen) atoms. The summed E-state index contributed by atoms with van der Waals surface area (Å²) in [5.41, 5.74) is 1.70. The lowest BCUT2D eigenvalue weighted by molar-refractivity contribution is 0.653. The number of nitriles is 1. The molecule has 0 saturated carbocycles. The normalized spacial score (nSPS) is 10.6. The number of benzene rings is 1. The van der Waals surface area contributed by atoms with Crippen LogP contribution >= 0.6 is 0 Å². The van der Waals surface area contributed by atoms with Crippen molar-refractivity contribution in [3.05, 3.63) is 42.1 Å². The minimum Gasteiger partial charge on any atom is -0.438 e. The van der Waals surface area contributed by atoms with Crippen molar-refractivity contribution < 1.29 is 4.42 Å². The summed E-state index contributed by atoms with van der Waals surface area (Å²) >= 11 is 0. The maximum atomic E-state index is 8.72. The third-order valence-corrected chi connectivity index (χ3v) is 2.36. The van der Waals surface area contributed by atoms with E-state index in [0.29, 0.717) is 11.4 Å². The lowest BCUT2D eigenvalue weighted by atomic mass is 10.2. The first-order chi connectivity index (χ1) is 7.38. The van der Waals surface area contributed by atoms with Gasteiger partial charge < -0.3 is 4.42 Å². The minimum atomic E-state index is 0.376. The van der Waals surface area contributed by atoms with Gasteiger partial charge in [0.05, 0.1) is 0 Å². The van der Waals surface area contributed by atoms with Crippen molar-refractivity contribution >= 4 is 22.1 Å². The van der Waals surface area contributed by atoms with Crippen LogP contribution in [0.3, 0.4) is 0 Å². The molecule has 0 saturated heterocycles. The van der Waals surface area contributed by atoms with Crippen molar-refractivity contribution in [1.82, 2.24) is 4.98 Å². The second-order valence-corrected chi connectivity index (χ2v) is 3.26. The zero-order chi connectivity index (χ0) is 10.3. The van der Waals surface area contributed by atoms with E-state index >= 15 is 0 Å². The highest BCUT2D eigenvalue weighted by Gasteiger charge is 2.07. The zero-order valence-corrected chi connectivity index (χ0v) is 7.77. The number of rotatable bonds is 0. The first kappa shape index (κ1) is 8.01. The van der Waals surface area contributed by atoms with E-state index in [1.165, 1.54) is 0 Å². The second kappa shape index (κ2) is 2.82. The summed E-state index contributed by atoms with van der Waals surface area (Å²) in [6.07, 6.45) is 0. The molecule has 0 unspecified atom stereocenters. The molecular formula is C12H6N2O. The van der Waals surface area contributed by atoms with Gasteiger partial charge in [0.2, 0.25) is 5.71 Å². The van der Waals surface area contributed by atoms with Crippen LogP contribution in [0.2, 0.25) is 0 Å². The van der Waals surface area contributed by atoms with Crippen LogP contribution in [0.1, 0.15) is 5.69 Å². The Kier molecular flexibility index (Phi) is 1.51. The average Bonchev–Trinajstić information content (AvgIpc) is 2.66. The fraction of sp³-hybridized carbons (Fsp3) is 0. The third kappa shape index (κ3) is 1.09. The largest absolute Gasteiger partial charge is 0.438 e. The molecule has 0 aliphatic heterocycles. The molecule has 0 bridgehead atoms. The van der Waals surface area contributed by atoms with Crippen molar-refractivity contribution in [2.75, 3.05) is 0 Å². The van der Waals surface area contributed by atoms with Gasteiger partial charge >= 0.3 is 0 Å². The van der Waals surface area contributed by atoms with E-state index in [0.717, 1.165) is 16.4 Å². The number of hydrogen-bond donors (Lipinski definition) is 0. The molecule has 2 aromatic heterocycles. The quantitative estimate of drug-likeness (QED) is 0.552. The van der Waals surface area contributed by atoms with E-state index in [-0.39, 0.29) is 0 Å². The van der Waals surface area contributed by atoms with Crippen LogP contribution in [-0.2, 0) is 0 Å². The van der Waals surface area contributed by atoms with E-state index < -0.39 is 0 Å². The van der Waals surface area contributed by atoms with E-state index in [2.05, 4.69) is 4.98 Å². The van der Waals surface area contributed by atoms with E-state index in [1.54, 1.807) is 6.07 Å². The number of para-hydroxylation sites is 1. The van der Waals surface area contributed by atoms with Gasteiger partial charge in [-0.05, 0) is 18.2 Å². The summed E-state index contributed by atoms with van der Waals surface area (Å²) in [7, 11) is 0. The van der Waals surface area contributed by atoms with Gasteiger partial charge in [-0.2, -0.15) is 5.26 Å². The molecule has 0 N–H and O–H groups in total. The highest BCUT2D eigenvalue weighted by molar-refractivity contribution is 6.03. The maximum absolute atomic E-state index is 8.72. The van der Waals surface area contributed by atoms with Crippen molar-refractivity contribution in [3.8, 4) is 6.07 Å². The molecule has 3 nitrogen and oxygen atoms in total. The molecule has 0 fully saturated rings. The van der Waals surface area contributed by atoms with Gasteiger partial charge in [-0.25, -0.2) is 4.98 Å². The maximum Gasteiger partial charge on any atom is 0.228 e. The molecule has 0 aliphatic carbocycles. The Morgan fingerprint density at radius 1 is 1.07 bits per heavy atom. The molecule has 2 heterocycles. The molecule has 3 rings (SSSR count). The number of furan rings is 1. The van der Waals surface area contributed by atoms with Gasteiger partial charge in [-0.3, -0.25) is 0 Å². The zero-order valence-electron chi connectivity index (χ0n) is 7.77. The Morgan fingerprint density at radius 2 is 1.93 bits per heavy atom. The Hall–Kier alpha value is -2.34. The molecule has 70 valence electrons. The van der Waals surface area contributed by atoms with Crippen molar-refractivity contribution in [2.45, 2.75) is 0 Å². The predicted molar refractivity (Wildman–Crippen MR) is 56.2 cm³/mol. The summed E-state index contributed by atoms with van der Waals surface area (Å²) in [6.45, 7) is 0. The lowest BCUT2D eigenvalue weighted by Gasteiger charge is -1.87. The Labute approximate surface area is 85.6 Å². The van der Waals surface area contributed by atoms with Crippen LogP contribution in [-0.4, -0.2) is 4.98 Å². The summed E-state index contributed by atoms with van der Waals surface area (Å²) in [4.78, 5) is 4.10. The molecule has 0 spiro atoms. The fourth-order valence-electron chi connectivity index (χ4n) is 1.67. The van der Waals surface area contributed by atoms with Crippen molar-refractivity contribution in [3.63, 3.8) is 0 Å². The summed E-state index contributed by atoms with van der Waals surface area (Å²) in [6, 6.07) is 13.3. The smallest absolute Gasteiger partial charge is 0.228 e. The number of aromatic nitrogens is 1. The Balaban J connectivity index is 2.50. The van der Waals surface area contributed by atoms with Crippen LogP contribution in [0.25, 0.3) is 22.1 Å².